The van der Waals surface area contributed by atoms with Gasteiger partial charge in [-0.2, -0.15) is 0 Å². The monoisotopic (exact) mass is 401 g/mol. The van der Waals surface area contributed by atoms with Crippen LogP contribution in [0.2, 0.25) is 5.02 Å². The predicted molar refractivity (Wildman–Crippen MR) is 112 cm³/mol. The molecule has 0 bridgehead atoms. The zero-order valence-electron chi connectivity index (χ0n) is 14.9. The number of aliphatic hydroxyl groups is 1. The van der Waals surface area contributed by atoms with Crippen LogP contribution in [0.15, 0.2) is 54.3 Å². The Morgan fingerprint density at radius 1 is 1.37 bits per heavy atom. The van der Waals surface area contributed by atoms with Crippen molar-refractivity contribution in [2.24, 2.45) is 0 Å². The number of thioether (sulfide) groups is 1. The number of ether oxygens (including phenoxy) is 1. The lowest BCUT2D eigenvalue weighted by Gasteiger charge is -2.14. The lowest BCUT2D eigenvalue weighted by Crippen LogP contribution is -2.02. The Hall–Kier alpha value is -2.28. The van der Waals surface area contributed by atoms with Gasteiger partial charge in [0.2, 0.25) is 0 Å². The van der Waals surface area contributed by atoms with Crippen molar-refractivity contribution in [1.29, 1.82) is 0 Å². The van der Waals surface area contributed by atoms with Gasteiger partial charge in [-0.1, -0.05) is 30.3 Å². The van der Waals surface area contributed by atoms with Crippen LogP contribution < -0.4 is 10.1 Å². The van der Waals surface area contributed by atoms with Gasteiger partial charge >= 0.3 is 0 Å². The van der Waals surface area contributed by atoms with Gasteiger partial charge in [-0.25, -0.2) is 4.98 Å². The zero-order valence-corrected chi connectivity index (χ0v) is 16.5. The second-order valence-corrected chi connectivity index (χ2v) is 7.31. The highest BCUT2D eigenvalue weighted by Crippen LogP contribution is 2.33. The molecule has 0 aliphatic heterocycles. The maximum atomic E-state index is 9.08. The average Bonchev–Trinajstić information content (AvgIpc) is 2.66. The first-order valence-corrected chi connectivity index (χ1v) is 9.77. The molecule has 3 rings (SSSR count). The Balaban J connectivity index is 1.93. The van der Waals surface area contributed by atoms with Gasteiger partial charge in [0.25, 0.3) is 0 Å². The highest BCUT2D eigenvalue weighted by molar-refractivity contribution is 7.99. The van der Waals surface area contributed by atoms with Crippen molar-refractivity contribution in [3.8, 4) is 5.75 Å². The number of benzene rings is 1. The molecule has 27 heavy (non-hydrogen) atoms. The summed E-state index contributed by atoms with van der Waals surface area (Å²) in [6.45, 7) is 6.04. The first-order valence-electron chi connectivity index (χ1n) is 8.40. The van der Waals surface area contributed by atoms with E-state index in [-0.39, 0.29) is 13.2 Å². The number of fused-ring (bicyclic) bond motifs is 1. The molecule has 7 heteroatoms. The van der Waals surface area contributed by atoms with E-state index in [1.54, 1.807) is 18.6 Å². The third-order valence-electron chi connectivity index (χ3n) is 3.87. The molecule has 3 aromatic rings. The third-order valence-corrected chi connectivity index (χ3v) is 5.25. The third kappa shape index (κ3) is 4.53. The topological polar surface area (TPSA) is 67.3 Å². The van der Waals surface area contributed by atoms with E-state index >= 15 is 0 Å². The SMILES string of the molecule is C=CNc1cc(C)nc2c(OCc3c(Cl)cncc3SCCO)cccc12. The van der Waals surface area contributed by atoms with Gasteiger partial charge in [-0.3, -0.25) is 4.98 Å². The number of aryl methyl sites for hydroxylation is 1. The number of nitrogens with zero attached hydrogens (tertiary/aromatic N) is 2. The van der Waals surface area contributed by atoms with Crippen molar-refractivity contribution >= 4 is 40.0 Å². The van der Waals surface area contributed by atoms with Crippen LogP contribution >= 0.6 is 23.4 Å². The lowest BCUT2D eigenvalue weighted by molar-refractivity contribution is 0.306. The van der Waals surface area contributed by atoms with E-state index in [0.717, 1.165) is 32.7 Å². The van der Waals surface area contributed by atoms with Gasteiger partial charge in [0.15, 0.2) is 0 Å². The molecule has 140 valence electrons. The van der Waals surface area contributed by atoms with E-state index in [0.29, 0.717) is 16.5 Å². The molecule has 2 heterocycles. The number of para-hydroxylation sites is 1. The molecule has 5 nitrogen and oxygen atoms in total. The number of nitrogens with one attached hydrogen (secondary N) is 1. The molecule has 0 spiro atoms. The summed E-state index contributed by atoms with van der Waals surface area (Å²) in [5.41, 5.74) is 3.43. The molecule has 2 aromatic heterocycles. The number of hydrogen-bond acceptors (Lipinski definition) is 6. The maximum Gasteiger partial charge on any atom is 0.146 e. The number of hydrogen-bond donors (Lipinski definition) is 2. The van der Waals surface area contributed by atoms with Crippen LogP contribution in [0.5, 0.6) is 5.75 Å². The molecule has 0 aliphatic rings. The Bertz CT molecular complexity index is 965. The van der Waals surface area contributed by atoms with Crippen molar-refractivity contribution < 1.29 is 9.84 Å². The van der Waals surface area contributed by atoms with E-state index < -0.39 is 0 Å². The molecular formula is C20H20ClN3O2S. The van der Waals surface area contributed by atoms with Crippen LogP contribution in [0.3, 0.4) is 0 Å². The molecule has 2 N–H and O–H groups in total. The lowest BCUT2D eigenvalue weighted by atomic mass is 10.1. The predicted octanol–water partition coefficient (Wildman–Crippen LogP) is 4.81. The number of aromatic nitrogens is 2. The van der Waals surface area contributed by atoms with E-state index in [1.807, 2.05) is 31.2 Å². The van der Waals surface area contributed by atoms with E-state index in [2.05, 4.69) is 21.9 Å². The summed E-state index contributed by atoms with van der Waals surface area (Å²) in [5.74, 6) is 1.25. The molecule has 1 aromatic carbocycles. The second-order valence-electron chi connectivity index (χ2n) is 5.77. The molecular weight excluding hydrogens is 382 g/mol. The molecule has 0 atom stereocenters. The van der Waals surface area contributed by atoms with Crippen LogP contribution in [0.4, 0.5) is 5.69 Å². The summed E-state index contributed by atoms with van der Waals surface area (Å²) in [4.78, 5) is 9.67. The van der Waals surface area contributed by atoms with E-state index in [9.17, 15) is 0 Å². The fourth-order valence-electron chi connectivity index (χ4n) is 2.71. The number of rotatable bonds is 8. The van der Waals surface area contributed by atoms with E-state index in [1.165, 1.54) is 11.8 Å². The van der Waals surface area contributed by atoms with Gasteiger partial charge in [-0.05, 0) is 25.3 Å². The summed E-state index contributed by atoms with van der Waals surface area (Å²) < 4.78 is 6.09. The minimum Gasteiger partial charge on any atom is -0.487 e. The summed E-state index contributed by atoms with van der Waals surface area (Å²) in [6.07, 6.45) is 4.98. The van der Waals surface area contributed by atoms with Crippen LogP contribution in [0.1, 0.15) is 11.3 Å². The Morgan fingerprint density at radius 2 is 2.22 bits per heavy atom. The minimum absolute atomic E-state index is 0.0864. The molecule has 0 amide bonds. The molecule has 0 aliphatic carbocycles. The Morgan fingerprint density at radius 3 is 3.00 bits per heavy atom. The molecule has 0 saturated heterocycles. The second kappa shape index (κ2) is 9.08. The normalized spacial score (nSPS) is 10.8. The molecule has 0 saturated carbocycles. The smallest absolute Gasteiger partial charge is 0.146 e. The van der Waals surface area contributed by atoms with Crippen molar-refractivity contribution in [2.75, 3.05) is 17.7 Å². The minimum atomic E-state index is 0.0864. The Kier molecular flexibility index (Phi) is 6.55. The highest BCUT2D eigenvalue weighted by Gasteiger charge is 2.12. The molecule has 0 radical (unpaired) electrons. The zero-order chi connectivity index (χ0) is 19.2. The molecule has 0 unspecified atom stereocenters. The highest BCUT2D eigenvalue weighted by atomic mass is 35.5. The fourth-order valence-corrected chi connectivity index (χ4v) is 3.77. The summed E-state index contributed by atoms with van der Waals surface area (Å²) in [5, 5.41) is 13.7. The maximum absolute atomic E-state index is 9.08. The fraction of sp³-hybridized carbons (Fsp3) is 0.200. The number of aliphatic hydroxyl groups excluding tert-OH is 1. The van der Waals surface area contributed by atoms with Crippen molar-refractivity contribution in [2.45, 2.75) is 18.4 Å². The average molecular weight is 402 g/mol. The number of anilines is 1. The van der Waals surface area contributed by atoms with Gasteiger partial charge in [0, 0.05) is 45.4 Å². The van der Waals surface area contributed by atoms with Gasteiger partial charge in [-0.15, -0.1) is 11.8 Å². The summed E-state index contributed by atoms with van der Waals surface area (Å²) in [7, 11) is 0. The van der Waals surface area contributed by atoms with Gasteiger partial charge in [0.05, 0.1) is 11.6 Å². The molecule has 0 fully saturated rings. The van der Waals surface area contributed by atoms with Crippen LogP contribution in [-0.2, 0) is 6.61 Å². The summed E-state index contributed by atoms with van der Waals surface area (Å²) in [6, 6.07) is 7.78. The quantitative estimate of drug-likeness (QED) is 0.528. The standard InChI is InChI=1S/C20H20ClN3O2S/c1-3-23-17-9-13(2)24-20-14(17)5-4-6-18(20)26-12-15-16(21)10-22-11-19(15)27-8-7-25/h3-6,9-11,25H,1,7-8,12H2,2H3,(H,23,24). The first-order chi connectivity index (χ1) is 13.1. The van der Waals surface area contributed by atoms with Crippen LogP contribution in [-0.4, -0.2) is 27.4 Å². The Labute approximate surface area is 167 Å². The number of halogens is 1. The summed E-state index contributed by atoms with van der Waals surface area (Å²) >= 11 is 7.83. The van der Waals surface area contributed by atoms with Crippen LogP contribution in [0.25, 0.3) is 10.9 Å². The van der Waals surface area contributed by atoms with Gasteiger partial charge in [0.1, 0.15) is 17.9 Å². The van der Waals surface area contributed by atoms with Gasteiger partial charge < -0.3 is 15.2 Å². The van der Waals surface area contributed by atoms with Crippen molar-refractivity contribution in [1.82, 2.24) is 9.97 Å². The van der Waals surface area contributed by atoms with E-state index in [4.69, 9.17) is 21.4 Å². The van der Waals surface area contributed by atoms with Crippen molar-refractivity contribution in [3.05, 3.63) is 65.7 Å². The largest absolute Gasteiger partial charge is 0.487 e. The van der Waals surface area contributed by atoms with Crippen molar-refractivity contribution in [3.63, 3.8) is 0 Å². The van der Waals surface area contributed by atoms with Crippen LogP contribution in [0, 0.1) is 6.92 Å². The first kappa shape index (κ1) is 19.5. The number of pyridine rings is 2.